The average molecular weight is 223 g/mol. The van der Waals surface area contributed by atoms with Crippen molar-refractivity contribution in [3.63, 3.8) is 0 Å². The number of carbonyl (C=O) groups is 1. The number of rotatable bonds is 7. The highest BCUT2D eigenvalue weighted by Crippen LogP contribution is 2.07. The molecule has 15 heavy (non-hydrogen) atoms. The quantitative estimate of drug-likeness (QED) is 0.348. The van der Waals surface area contributed by atoms with Crippen molar-refractivity contribution in [3.8, 4) is 0 Å². The monoisotopic (exact) mass is 223 g/mol. The molecule has 0 heterocycles. The number of ether oxygens (including phenoxy) is 1. The Kier molecular flexibility index (Phi) is 6.37. The number of carboxylic acid groups (broad SMARTS) is 1. The summed E-state index contributed by atoms with van der Waals surface area (Å²) in [6.07, 6.45) is -7.06. The van der Waals surface area contributed by atoms with E-state index in [1.165, 1.54) is 6.92 Å². The van der Waals surface area contributed by atoms with Crippen LogP contribution in [0.2, 0.25) is 0 Å². The maximum atomic E-state index is 10.5. The molecule has 0 aliphatic carbocycles. The summed E-state index contributed by atoms with van der Waals surface area (Å²) in [5.74, 6) is -1.70. The number of aliphatic hydroxyl groups is 4. The standard InChI is InChI=1S/C8H16O7/c1-2-15-7(8(13)14)6(12)5(11)4(10)3-9/h4-7,9-12H,2-3H2,1H3,(H,13,14)/p-1. The summed E-state index contributed by atoms with van der Waals surface area (Å²) in [5, 5.41) is 46.5. The minimum atomic E-state index is -1.86. The molecule has 7 heteroatoms. The number of carboxylic acids is 1. The van der Waals surface area contributed by atoms with Gasteiger partial charge in [0.25, 0.3) is 0 Å². The van der Waals surface area contributed by atoms with Crippen LogP contribution in [0.25, 0.3) is 0 Å². The van der Waals surface area contributed by atoms with E-state index in [0.29, 0.717) is 0 Å². The van der Waals surface area contributed by atoms with Gasteiger partial charge in [-0.1, -0.05) is 0 Å². The van der Waals surface area contributed by atoms with Crippen molar-refractivity contribution in [2.45, 2.75) is 31.3 Å². The average Bonchev–Trinajstić information content (AvgIpc) is 2.22. The number of carbonyl (C=O) groups excluding carboxylic acids is 1. The van der Waals surface area contributed by atoms with Crippen LogP contribution in [0.1, 0.15) is 6.92 Å². The Morgan fingerprint density at radius 2 is 1.87 bits per heavy atom. The van der Waals surface area contributed by atoms with E-state index in [9.17, 15) is 20.1 Å². The highest BCUT2D eigenvalue weighted by molar-refractivity contribution is 5.70. The van der Waals surface area contributed by atoms with Crippen LogP contribution >= 0.6 is 0 Å². The van der Waals surface area contributed by atoms with Gasteiger partial charge in [-0.15, -0.1) is 0 Å². The van der Waals surface area contributed by atoms with Gasteiger partial charge in [0.1, 0.15) is 24.4 Å². The summed E-state index contributed by atoms with van der Waals surface area (Å²) in [6.45, 7) is 0.694. The number of hydrogen-bond acceptors (Lipinski definition) is 7. The van der Waals surface area contributed by atoms with Crippen molar-refractivity contribution in [3.05, 3.63) is 0 Å². The van der Waals surface area contributed by atoms with Crippen LogP contribution in [0.15, 0.2) is 0 Å². The highest BCUT2D eigenvalue weighted by Gasteiger charge is 2.32. The van der Waals surface area contributed by atoms with Gasteiger partial charge < -0.3 is 35.1 Å². The highest BCUT2D eigenvalue weighted by atomic mass is 16.5. The van der Waals surface area contributed by atoms with Crippen molar-refractivity contribution < 1.29 is 35.1 Å². The lowest BCUT2D eigenvalue weighted by molar-refractivity contribution is -0.322. The molecule has 0 saturated carbocycles. The lowest BCUT2D eigenvalue weighted by Crippen LogP contribution is -2.53. The lowest BCUT2D eigenvalue weighted by atomic mass is 10.0. The second-order valence-electron chi connectivity index (χ2n) is 2.93. The largest absolute Gasteiger partial charge is 0.547 e. The second kappa shape index (κ2) is 6.70. The Balaban J connectivity index is 4.47. The molecule has 0 amide bonds. The van der Waals surface area contributed by atoms with Gasteiger partial charge in [0.05, 0.1) is 12.6 Å². The molecule has 0 fully saturated rings. The predicted molar refractivity (Wildman–Crippen MR) is 45.5 cm³/mol. The molecule has 0 bridgehead atoms. The first-order chi connectivity index (χ1) is 6.95. The maximum Gasteiger partial charge on any atom is 0.125 e. The van der Waals surface area contributed by atoms with Crippen LogP contribution in [0, 0.1) is 0 Å². The summed E-state index contributed by atoms with van der Waals surface area (Å²) in [7, 11) is 0. The molecule has 4 unspecified atom stereocenters. The third-order valence-corrected chi connectivity index (χ3v) is 1.82. The van der Waals surface area contributed by atoms with Gasteiger partial charge in [-0.25, -0.2) is 0 Å². The van der Waals surface area contributed by atoms with Crippen LogP contribution in [-0.2, 0) is 9.53 Å². The van der Waals surface area contributed by atoms with Crippen molar-refractivity contribution >= 4 is 5.97 Å². The first-order valence-corrected chi connectivity index (χ1v) is 4.43. The van der Waals surface area contributed by atoms with Gasteiger partial charge in [-0.3, -0.25) is 0 Å². The molecule has 0 aliphatic heterocycles. The van der Waals surface area contributed by atoms with Gasteiger partial charge in [-0.05, 0) is 6.92 Å². The van der Waals surface area contributed by atoms with Crippen LogP contribution in [-0.4, -0.2) is 64.0 Å². The van der Waals surface area contributed by atoms with E-state index in [0.717, 1.165) is 0 Å². The van der Waals surface area contributed by atoms with E-state index in [-0.39, 0.29) is 6.61 Å². The van der Waals surface area contributed by atoms with Crippen molar-refractivity contribution in [2.24, 2.45) is 0 Å². The van der Waals surface area contributed by atoms with Crippen molar-refractivity contribution in [1.82, 2.24) is 0 Å². The fourth-order valence-electron chi connectivity index (χ4n) is 1.00. The molecule has 7 nitrogen and oxygen atoms in total. The third-order valence-electron chi connectivity index (χ3n) is 1.82. The Bertz CT molecular complexity index is 195. The summed E-state index contributed by atoms with van der Waals surface area (Å²) >= 11 is 0. The van der Waals surface area contributed by atoms with Crippen LogP contribution < -0.4 is 5.11 Å². The van der Waals surface area contributed by atoms with Crippen LogP contribution in [0.5, 0.6) is 0 Å². The number of aliphatic carboxylic acids is 1. The summed E-state index contributed by atoms with van der Waals surface area (Å²) in [4.78, 5) is 10.5. The van der Waals surface area contributed by atoms with E-state index < -0.39 is 37.0 Å². The molecule has 0 aromatic rings. The van der Waals surface area contributed by atoms with Gasteiger partial charge in [0, 0.05) is 6.61 Å². The van der Waals surface area contributed by atoms with Crippen molar-refractivity contribution in [1.29, 1.82) is 0 Å². The zero-order chi connectivity index (χ0) is 12.0. The zero-order valence-corrected chi connectivity index (χ0v) is 8.24. The molecule has 90 valence electrons. The Labute approximate surface area is 86.5 Å². The summed E-state index contributed by atoms with van der Waals surface area (Å²) in [6, 6.07) is 0. The van der Waals surface area contributed by atoms with Gasteiger partial charge in [-0.2, -0.15) is 0 Å². The topological polar surface area (TPSA) is 130 Å². The molecular weight excluding hydrogens is 208 g/mol. The second-order valence-corrected chi connectivity index (χ2v) is 2.93. The third kappa shape index (κ3) is 4.10. The van der Waals surface area contributed by atoms with Crippen LogP contribution in [0.4, 0.5) is 0 Å². The molecule has 0 saturated heterocycles. The molecule has 0 radical (unpaired) electrons. The Morgan fingerprint density at radius 3 is 2.20 bits per heavy atom. The van der Waals surface area contributed by atoms with Crippen LogP contribution in [0.3, 0.4) is 0 Å². The fourth-order valence-corrected chi connectivity index (χ4v) is 1.00. The molecule has 0 rings (SSSR count). The normalized spacial score (nSPS) is 19.3. The van der Waals surface area contributed by atoms with E-state index in [1.807, 2.05) is 0 Å². The first kappa shape index (κ1) is 14.3. The first-order valence-electron chi connectivity index (χ1n) is 4.43. The van der Waals surface area contributed by atoms with E-state index in [4.69, 9.17) is 10.2 Å². The Morgan fingerprint density at radius 1 is 1.33 bits per heavy atom. The Hall–Kier alpha value is -0.730. The predicted octanol–water partition coefficient (Wildman–Crippen LogP) is -3.78. The SMILES string of the molecule is CCOC(C(=O)[O-])C(O)C(O)C(O)CO. The number of aliphatic hydroxyl groups excluding tert-OH is 4. The molecular formula is C8H15O7-. The molecule has 0 aromatic heterocycles. The number of hydrogen-bond donors (Lipinski definition) is 4. The summed E-state index contributed by atoms with van der Waals surface area (Å²) in [5.41, 5.74) is 0. The summed E-state index contributed by atoms with van der Waals surface area (Å²) < 4.78 is 4.62. The van der Waals surface area contributed by atoms with Gasteiger partial charge in [0.2, 0.25) is 0 Å². The minimum absolute atomic E-state index is 0.00233. The van der Waals surface area contributed by atoms with E-state index >= 15 is 0 Å². The molecule has 0 aliphatic rings. The van der Waals surface area contributed by atoms with Crippen molar-refractivity contribution in [2.75, 3.05) is 13.2 Å². The molecule has 4 atom stereocenters. The lowest BCUT2D eigenvalue weighted by Gasteiger charge is -2.29. The smallest absolute Gasteiger partial charge is 0.125 e. The molecule has 0 aromatic carbocycles. The van der Waals surface area contributed by atoms with E-state index in [2.05, 4.69) is 4.74 Å². The van der Waals surface area contributed by atoms with Gasteiger partial charge in [0.15, 0.2) is 0 Å². The molecule has 0 spiro atoms. The van der Waals surface area contributed by atoms with E-state index in [1.54, 1.807) is 0 Å². The fraction of sp³-hybridized carbons (Fsp3) is 0.875. The van der Waals surface area contributed by atoms with Gasteiger partial charge >= 0.3 is 0 Å². The molecule has 4 N–H and O–H groups in total. The maximum absolute atomic E-state index is 10.5. The minimum Gasteiger partial charge on any atom is -0.547 e. The zero-order valence-electron chi connectivity index (χ0n) is 8.24.